The summed E-state index contributed by atoms with van der Waals surface area (Å²) in [5.74, 6) is 0. The molecule has 0 heterocycles. The van der Waals surface area contributed by atoms with Gasteiger partial charge >= 0.3 is 0 Å². The standard InChI is InChI=1S/C9H11NOS/c1-12(11)7-6-8-4-2-3-5-9(8)10/h2-7H,10H2,1H3/b7-6+. The Morgan fingerprint density at radius 1 is 1.42 bits per heavy atom. The van der Waals surface area contributed by atoms with E-state index in [-0.39, 0.29) is 0 Å². The third kappa shape index (κ3) is 2.51. The topological polar surface area (TPSA) is 43.1 Å². The Balaban J connectivity index is 2.89. The van der Waals surface area contributed by atoms with Crippen LogP contribution in [0.25, 0.3) is 6.08 Å². The van der Waals surface area contributed by atoms with Gasteiger partial charge in [-0.1, -0.05) is 18.2 Å². The van der Waals surface area contributed by atoms with Gasteiger partial charge in [0.05, 0.1) is 0 Å². The number of nitrogens with two attached hydrogens (primary N) is 1. The van der Waals surface area contributed by atoms with Crippen LogP contribution in [-0.2, 0) is 10.8 Å². The van der Waals surface area contributed by atoms with Crippen LogP contribution in [0.2, 0.25) is 0 Å². The molecule has 1 atom stereocenters. The maximum absolute atomic E-state index is 10.7. The second-order valence-electron chi connectivity index (χ2n) is 2.43. The molecule has 1 aromatic carbocycles. The fourth-order valence-electron chi connectivity index (χ4n) is 0.832. The predicted molar refractivity (Wildman–Crippen MR) is 54.0 cm³/mol. The summed E-state index contributed by atoms with van der Waals surface area (Å²) in [6.07, 6.45) is 3.39. The van der Waals surface area contributed by atoms with Gasteiger partial charge in [0.1, 0.15) is 0 Å². The van der Waals surface area contributed by atoms with Crippen LogP contribution in [-0.4, -0.2) is 10.5 Å². The molecule has 3 heteroatoms. The average Bonchev–Trinajstić information content (AvgIpc) is 2.03. The molecule has 1 rings (SSSR count). The fourth-order valence-corrected chi connectivity index (χ4v) is 1.17. The van der Waals surface area contributed by atoms with Gasteiger partial charge in [0.15, 0.2) is 0 Å². The minimum atomic E-state index is -0.910. The lowest BCUT2D eigenvalue weighted by Gasteiger charge is -1.96. The largest absolute Gasteiger partial charge is 0.398 e. The number of para-hydroxylation sites is 1. The first-order valence-corrected chi connectivity index (χ1v) is 5.17. The van der Waals surface area contributed by atoms with Gasteiger partial charge in [0.2, 0.25) is 0 Å². The SMILES string of the molecule is CS(=O)/C=C/c1ccccc1N. The monoisotopic (exact) mass is 181 g/mol. The maximum atomic E-state index is 10.7. The van der Waals surface area contributed by atoms with E-state index in [9.17, 15) is 4.21 Å². The van der Waals surface area contributed by atoms with Gasteiger partial charge in [-0.3, -0.25) is 4.21 Å². The molecule has 0 amide bonds. The molecule has 0 saturated carbocycles. The first-order valence-electron chi connectivity index (χ1n) is 3.55. The average molecular weight is 181 g/mol. The van der Waals surface area contributed by atoms with E-state index in [1.54, 1.807) is 17.7 Å². The van der Waals surface area contributed by atoms with Gasteiger partial charge in [-0.2, -0.15) is 0 Å². The molecule has 0 aliphatic heterocycles. The van der Waals surface area contributed by atoms with E-state index in [1.165, 1.54) is 0 Å². The summed E-state index contributed by atoms with van der Waals surface area (Å²) in [5.41, 5.74) is 7.27. The van der Waals surface area contributed by atoms with Crippen molar-refractivity contribution in [1.82, 2.24) is 0 Å². The quantitative estimate of drug-likeness (QED) is 0.704. The van der Waals surface area contributed by atoms with Crippen molar-refractivity contribution in [2.75, 3.05) is 12.0 Å². The Bertz CT molecular complexity index is 320. The first kappa shape index (κ1) is 9.00. The molecule has 0 bridgehead atoms. The van der Waals surface area contributed by atoms with Crippen LogP contribution in [0.1, 0.15) is 5.56 Å². The van der Waals surface area contributed by atoms with Crippen molar-refractivity contribution < 1.29 is 4.21 Å². The molecule has 12 heavy (non-hydrogen) atoms. The van der Waals surface area contributed by atoms with Gasteiger partial charge < -0.3 is 5.73 Å². The zero-order valence-electron chi connectivity index (χ0n) is 6.86. The van der Waals surface area contributed by atoms with E-state index in [1.807, 2.05) is 24.3 Å². The van der Waals surface area contributed by atoms with Crippen LogP contribution >= 0.6 is 0 Å². The van der Waals surface area contributed by atoms with Crippen molar-refractivity contribution in [2.24, 2.45) is 0 Å². The minimum absolute atomic E-state index is 0.708. The Hall–Kier alpha value is -1.09. The lowest BCUT2D eigenvalue weighted by Crippen LogP contribution is -1.87. The molecule has 0 aliphatic rings. The number of rotatable bonds is 2. The van der Waals surface area contributed by atoms with Crippen LogP contribution < -0.4 is 5.73 Å². The Kier molecular flexibility index (Phi) is 3.05. The lowest BCUT2D eigenvalue weighted by atomic mass is 10.2. The summed E-state index contributed by atoms with van der Waals surface area (Å²) in [6, 6.07) is 7.47. The van der Waals surface area contributed by atoms with E-state index in [4.69, 9.17) is 5.73 Å². The van der Waals surface area contributed by atoms with Crippen molar-refractivity contribution in [2.45, 2.75) is 0 Å². The third-order valence-corrected chi connectivity index (χ3v) is 1.95. The van der Waals surface area contributed by atoms with Crippen LogP contribution in [0, 0.1) is 0 Å². The zero-order valence-corrected chi connectivity index (χ0v) is 7.67. The number of benzene rings is 1. The normalized spacial score (nSPS) is 13.4. The highest BCUT2D eigenvalue weighted by Gasteiger charge is 1.91. The van der Waals surface area contributed by atoms with Gasteiger partial charge in [-0.25, -0.2) is 0 Å². The summed E-state index contributed by atoms with van der Waals surface area (Å²) in [6.45, 7) is 0. The first-order chi connectivity index (χ1) is 5.70. The van der Waals surface area contributed by atoms with E-state index in [0.717, 1.165) is 5.56 Å². The molecule has 1 unspecified atom stereocenters. The van der Waals surface area contributed by atoms with Crippen LogP contribution in [0.15, 0.2) is 29.7 Å². The second kappa shape index (κ2) is 4.07. The van der Waals surface area contributed by atoms with Crippen molar-refractivity contribution in [3.8, 4) is 0 Å². The molecule has 2 nitrogen and oxygen atoms in total. The Labute approximate surface area is 74.6 Å². The number of hydrogen-bond acceptors (Lipinski definition) is 2. The maximum Gasteiger partial charge on any atom is 0.0424 e. The van der Waals surface area contributed by atoms with Crippen LogP contribution in [0.4, 0.5) is 5.69 Å². The van der Waals surface area contributed by atoms with E-state index in [0.29, 0.717) is 5.69 Å². The zero-order chi connectivity index (χ0) is 8.97. The predicted octanol–water partition coefficient (Wildman–Crippen LogP) is 1.62. The minimum Gasteiger partial charge on any atom is -0.398 e. The van der Waals surface area contributed by atoms with E-state index < -0.39 is 10.8 Å². The molecule has 2 N–H and O–H groups in total. The number of anilines is 1. The summed E-state index contributed by atoms with van der Waals surface area (Å²) >= 11 is 0. The molecule has 64 valence electrons. The molecular weight excluding hydrogens is 170 g/mol. The van der Waals surface area contributed by atoms with Crippen LogP contribution in [0.3, 0.4) is 0 Å². The third-order valence-electron chi connectivity index (χ3n) is 1.44. The molecular formula is C9H11NOS. The van der Waals surface area contributed by atoms with Crippen LogP contribution in [0.5, 0.6) is 0 Å². The fraction of sp³-hybridized carbons (Fsp3) is 0.111. The lowest BCUT2D eigenvalue weighted by molar-refractivity contribution is 0.692. The Morgan fingerprint density at radius 2 is 2.08 bits per heavy atom. The Morgan fingerprint density at radius 3 is 2.67 bits per heavy atom. The molecule has 0 aliphatic carbocycles. The molecule has 0 fully saturated rings. The molecule has 0 spiro atoms. The van der Waals surface area contributed by atoms with Crippen molar-refractivity contribution >= 4 is 22.6 Å². The van der Waals surface area contributed by atoms with E-state index in [2.05, 4.69) is 0 Å². The van der Waals surface area contributed by atoms with Crippen molar-refractivity contribution in [3.63, 3.8) is 0 Å². The number of hydrogen-bond donors (Lipinski definition) is 1. The highest BCUT2D eigenvalue weighted by atomic mass is 32.2. The summed E-state index contributed by atoms with van der Waals surface area (Å²) in [4.78, 5) is 0. The van der Waals surface area contributed by atoms with Gasteiger partial charge in [-0.15, -0.1) is 0 Å². The highest BCUT2D eigenvalue weighted by Crippen LogP contribution is 2.11. The number of nitrogen functional groups attached to an aromatic ring is 1. The van der Waals surface area contributed by atoms with Crippen molar-refractivity contribution in [1.29, 1.82) is 0 Å². The molecule has 1 aromatic rings. The van der Waals surface area contributed by atoms with Crippen molar-refractivity contribution in [3.05, 3.63) is 35.2 Å². The van der Waals surface area contributed by atoms with Gasteiger partial charge in [0, 0.05) is 28.2 Å². The van der Waals surface area contributed by atoms with E-state index >= 15 is 0 Å². The van der Waals surface area contributed by atoms with Gasteiger partial charge in [0.25, 0.3) is 0 Å². The second-order valence-corrected chi connectivity index (χ2v) is 3.70. The summed E-state index contributed by atoms with van der Waals surface area (Å²) < 4.78 is 10.7. The molecule has 0 aromatic heterocycles. The summed E-state index contributed by atoms with van der Waals surface area (Å²) in [5, 5.41) is 1.62. The highest BCUT2D eigenvalue weighted by molar-refractivity contribution is 7.87. The van der Waals surface area contributed by atoms with Gasteiger partial charge in [-0.05, 0) is 17.7 Å². The molecule has 0 radical (unpaired) electrons. The summed E-state index contributed by atoms with van der Waals surface area (Å²) in [7, 11) is -0.910. The smallest absolute Gasteiger partial charge is 0.0424 e. The molecule has 0 saturated heterocycles.